The molecule has 1 unspecified atom stereocenters. The van der Waals surface area contributed by atoms with Crippen LogP contribution in [0.3, 0.4) is 0 Å². The van der Waals surface area contributed by atoms with Crippen LogP contribution in [0.15, 0.2) is 18.2 Å². The van der Waals surface area contributed by atoms with Gasteiger partial charge < -0.3 is 20.1 Å². The highest BCUT2D eigenvalue weighted by Crippen LogP contribution is 2.32. The van der Waals surface area contributed by atoms with Gasteiger partial charge in [-0.2, -0.15) is 8.78 Å². The maximum absolute atomic E-state index is 12.6. The Balaban J connectivity index is 0.00000288. The average Bonchev–Trinajstić information content (AvgIpc) is 2.55. The van der Waals surface area contributed by atoms with Gasteiger partial charge in [0.1, 0.15) is 0 Å². The lowest BCUT2D eigenvalue weighted by Crippen LogP contribution is -2.33. The van der Waals surface area contributed by atoms with Crippen LogP contribution in [0.1, 0.15) is 29.6 Å². The van der Waals surface area contributed by atoms with Gasteiger partial charge in [-0.15, -0.1) is 12.4 Å². The molecular weight excluding hydrogens is 342 g/mol. The monoisotopic (exact) mass is 364 g/mol. The number of carbonyl (C=O) groups excluding carboxylic acids is 1. The zero-order valence-electron chi connectivity index (χ0n) is 13.5. The number of rotatable bonds is 7. The summed E-state index contributed by atoms with van der Waals surface area (Å²) in [5.41, 5.74) is 0.0476. The Hall–Kier alpha value is -1.60. The molecule has 136 valence electrons. The Kier molecular flexibility index (Phi) is 8.78. The van der Waals surface area contributed by atoms with Crippen molar-refractivity contribution in [1.29, 1.82) is 0 Å². The van der Waals surface area contributed by atoms with Crippen LogP contribution in [0.5, 0.6) is 11.5 Å². The molecule has 1 atom stereocenters. The Labute approximate surface area is 146 Å². The Morgan fingerprint density at radius 1 is 1.46 bits per heavy atom. The number of piperidine rings is 1. The van der Waals surface area contributed by atoms with Gasteiger partial charge in [0.2, 0.25) is 0 Å². The van der Waals surface area contributed by atoms with Crippen molar-refractivity contribution in [1.82, 2.24) is 10.6 Å². The van der Waals surface area contributed by atoms with E-state index in [-0.39, 0.29) is 29.5 Å². The second kappa shape index (κ2) is 10.3. The molecule has 0 aromatic heterocycles. The smallest absolute Gasteiger partial charge is 0.387 e. The van der Waals surface area contributed by atoms with E-state index in [1.807, 2.05) is 0 Å². The fraction of sp³-hybridized carbons (Fsp3) is 0.562. The van der Waals surface area contributed by atoms with E-state index < -0.39 is 12.5 Å². The summed E-state index contributed by atoms with van der Waals surface area (Å²) in [6.07, 6.45) is 3.14. The van der Waals surface area contributed by atoms with Crippen molar-refractivity contribution in [3.63, 3.8) is 0 Å². The Morgan fingerprint density at radius 2 is 2.25 bits per heavy atom. The van der Waals surface area contributed by atoms with Gasteiger partial charge in [0.15, 0.2) is 11.5 Å². The minimum Gasteiger partial charge on any atom is -0.493 e. The van der Waals surface area contributed by atoms with E-state index >= 15 is 0 Å². The van der Waals surface area contributed by atoms with E-state index in [0.29, 0.717) is 12.5 Å². The number of ether oxygens (including phenoxy) is 2. The van der Waals surface area contributed by atoms with Crippen LogP contribution in [0, 0.1) is 5.92 Å². The number of methoxy groups -OCH3 is 1. The van der Waals surface area contributed by atoms with Crippen molar-refractivity contribution in [2.24, 2.45) is 5.92 Å². The minimum atomic E-state index is -3.02. The van der Waals surface area contributed by atoms with Crippen LogP contribution in [0.25, 0.3) is 0 Å². The minimum absolute atomic E-state index is 0. The predicted octanol–water partition coefficient (Wildman–Crippen LogP) is 2.84. The lowest BCUT2D eigenvalue weighted by Gasteiger charge is -2.22. The van der Waals surface area contributed by atoms with Gasteiger partial charge in [0.05, 0.1) is 12.7 Å². The average molecular weight is 365 g/mol. The molecule has 1 amide bonds. The third kappa shape index (κ3) is 5.79. The van der Waals surface area contributed by atoms with Crippen LogP contribution in [-0.2, 0) is 0 Å². The zero-order valence-corrected chi connectivity index (χ0v) is 14.3. The lowest BCUT2D eigenvalue weighted by atomic mass is 9.96. The summed E-state index contributed by atoms with van der Waals surface area (Å²) < 4.78 is 34.6. The highest BCUT2D eigenvalue weighted by Gasteiger charge is 2.20. The molecule has 24 heavy (non-hydrogen) atoms. The van der Waals surface area contributed by atoms with E-state index in [1.54, 1.807) is 6.07 Å². The number of benzene rings is 1. The number of amides is 1. The van der Waals surface area contributed by atoms with E-state index in [2.05, 4.69) is 15.4 Å². The number of nitrogens with one attached hydrogen (secondary N) is 2. The molecule has 0 saturated carbocycles. The number of halogens is 3. The van der Waals surface area contributed by atoms with E-state index in [9.17, 15) is 13.6 Å². The third-order valence-electron chi connectivity index (χ3n) is 3.89. The second-order valence-corrected chi connectivity index (χ2v) is 5.47. The Bertz CT molecular complexity index is 526. The van der Waals surface area contributed by atoms with Crippen molar-refractivity contribution in [3.8, 4) is 11.5 Å². The molecule has 0 aliphatic carbocycles. The van der Waals surface area contributed by atoms with Crippen LogP contribution in [0.4, 0.5) is 8.78 Å². The van der Waals surface area contributed by atoms with Crippen LogP contribution < -0.4 is 20.1 Å². The van der Waals surface area contributed by atoms with Gasteiger partial charge in [-0.1, -0.05) is 6.07 Å². The van der Waals surface area contributed by atoms with Gasteiger partial charge in [-0.25, -0.2) is 0 Å². The first-order valence-electron chi connectivity index (χ1n) is 7.72. The molecule has 1 fully saturated rings. The molecular formula is C16H23ClF2N2O3. The van der Waals surface area contributed by atoms with Gasteiger partial charge in [0, 0.05) is 6.54 Å². The molecule has 2 N–H and O–H groups in total. The molecule has 1 aromatic rings. The van der Waals surface area contributed by atoms with Crippen LogP contribution in [-0.4, -0.2) is 39.3 Å². The number of alkyl halides is 2. The third-order valence-corrected chi connectivity index (χ3v) is 3.89. The van der Waals surface area contributed by atoms with Crippen molar-refractivity contribution < 1.29 is 23.0 Å². The molecule has 1 aliphatic rings. The normalized spacial score (nSPS) is 17.1. The summed E-state index contributed by atoms with van der Waals surface area (Å²) in [7, 11) is 1.34. The van der Waals surface area contributed by atoms with Gasteiger partial charge in [-0.05, 0) is 50.4 Å². The summed E-state index contributed by atoms with van der Waals surface area (Å²) in [5.74, 6) is -0.0364. The van der Waals surface area contributed by atoms with Crippen molar-refractivity contribution in [2.45, 2.75) is 25.9 Å². The molecule has 1 aliphatic heterocycles. The van der Waals surface area contributed by atoms with Crippen molar-refractivity contribution in [2.75, 3.05) is 26.7 Å². The maximum Gasteiger partial charge on any atom is 0.387 e. The van der Waals surface area contributed by atoms with Gasteiger partial charge in [-0.3, -0.25) is 4.79 Å². The molecule has 1 aromatic carbocycles. The number of hydrogen-bond donors (Lipinski definition) is 2. The number of carbonyl (C=O) groups is 1. The molecule has 0 bridgehead atoms. The summed E-state index contributed by atoms with van der Waals surface area (Å²) >= 11 is 0. The molecule has 1 heterocycles. The second-order valence-electron chi connectivity index (χ2n) is 5.47. The molecule has 2 rings (SSSR count). The molecule has 0 spiro atoms. The molecule has 8 heteroatoms. The summed E-state index contributed by atoms with van der Waals surface area (Å²) in [4.78, 5) is 12.2. The molecule has 0 radical (unpaired) electrons. The zero-order chi connectivity index (χ0) is 16.7. The highest BCUT2D eigenvalue weighted by molar-refractivity contribution is 5.97. The summed E-state index contributed by atoms with van der Waals surface area (Å²) in [6, 6.07) is 4.48. The van der Waals surface area contributed by atoms with Gasteiger partial charge >= 0.3 is 6.61 Å². The van der Waals surface area contributed by atoms with Gasteiger partial charge in [0.25, 0.3) is 5.91 Å². The quantitative estimate of drug-likeness (QED) is 0.781. The van der Waals surface area contributed by atoms with Crippen LogP contribution in [0.2, 0.25) is 0 Å². The summed E-state index contributed by atoms with van der Waals surface area (Å²) in [6.45, 7) is -0.530. The van der Waals surface area contributed by atoms with Crippen LogP contribution >= 0.6 is 12.4 Å². The van der Waals surface area contributed by atoms with Crippen molar-refractivity contribution in [3.05, 3.63) is 23.8 Å². The standard InChI is InChI=1S/C16H22F2N2O3.ClH/c1-22-13-6-2-5-12(14(13)23-16(17)18)15(21)20-9-7-11-4-3-8-19-10-11;/h2,5-6,11,16,19H,3-4,7-10H2,1H3,(H,20,21);1H. The lowest BCUT2D eigenvalue weighted by molar-refractivity contribution is -0.0515. The predicted molar refractivity (Wildman–Crippen MR) is 89.4 cm³/mol. The first-order valence-corrected chi connectivity index (χ1v) is 7.72. The number of hydrogen-bond acceptors (Lipinski definition) is 4. The maximum atomic E-state index is 12.6. The van der Waals surface area contributed by atoms with E-state index in [4.69, 9.17) is 4.74 Å². The molecule has 5 nitrogen and oxygen atoms in total. The molecule has 1 saturated heterocycles. The fourth-order valence-corrected chi connectivity index (χ4v) is 2.72. The topological polar surface area (TPSA) is 59.6 Å². The SMILES string of the molecule is COc1cccc(C(=O)NCCC2CCCNC2)c1OC(F)F.Cl. The Morgan fingerprint density at radius 3 is 2.88 bits per heavy atom. The van der Waals surface area contributed by atoms with E-state index in [0.717, 1.165) is 32.4 Å². The largest absolute Gasteiger partial charge is 0.493 e. The van der Waals surface area contributed by atoms with E-state index in [1.165, 1.54) is 19.2 Å². The van der Waals surface area contributed by atoms with Crippen molar-refractivity contribution >= 4 is 18.3 Å². The first-order chi connectivity index (χ1) is 11.1. The first kappa shape index (κ1) is 20.4. The fourth-order valence-electron chi connectivity index (χ4n) is 2.72. The highest BCUT2D eigenvalue weighted by atomic mass is 35.5. The summed E-state index contributed by atoms with van der Waals surface area (Å²) in [5, 5.41) is 6.08. The number of para-hydroxylation sites is 1.